The zero-order chi connectivity index (χ0) is 30.1. The van der Waals surface area contributed by atoms with Crippen molar-refractivity contribution in [2.24, 2.45) is 0 Å². The van der Waals surface area contributed by atoms with Crippen LogP contribution in [0.15, 0.2) is 127 Å². The minimum Gasteiger partial charge on any atom is -0.309 e. The van der Waals surface area contributed by atoms with Crippen LogP contribution in [0.5, 0.6) is 0 Å². The average molecular weight is 572 g/mol. The third-order valence-corrected chi connectivity index (χ3v) is 8.89. The fraction of sp³-hybridized carbons (Fsp3) is 0. The lowest BCUT2D eigenvalue weighted by molar-refractivity contribution is 1.15. The van der Waals surface area contributed by atoms with E-state index in [9.17, 15) is 10.5 Å². The number of benzene rings is 6. The van der Waals surface area contributed by atoms with Crippen LogP contribution in [-0.4, -0.2) is 14.5 Å². The smallest absolute Gasteiger partial charge is 0.177 e. The van der Waals surface area contributed by atoms with E-state index in [4.69, 9.17) is 0 Å². The molecule has 0 amide bonds. The molecular weight excluding hydrogens is 550 g/mol. The molecule has 0 radical (unpaired) electrons. The standard InChI is InChI=1S/C40H21N5/c41-22-34-35(23-42)44-40-33-21-20-28(31-8-5-9-32(38(31)33)39(40)43-34)26-14-12-24(13-15-26)25-16-18-27(19-17-25)45-36-10-3-1-6-29(36)30-7-2-4-11-37(30)45/h1-21H. The van der Waals surface area contributed by atoms with Gasteiger partial charge in [-0.2, -0.15) is 10.5 Å². The molecule has 0 unspecified atom stereocenters. The second-order valence-corrected chi connectivity index (χ2v) is 11.2. The Bertz CT molecular complexity index is 2500. The van der Waals surface area contributed by atoms with Gasteiger partial charge in [-0.15, -0.1) is 0 Å². The summed E-state index contributed by atoms with van der Waals surface area (Å²) in [6, 6.07) is 48.9. The number of hydrogen-bond donors (Lipinski definition) is 0. The molecule has 45 heavy (non-hydrogen) atoms. The fourth-order valence-corrected chi connectivity index (χ4v) is 6.87. The molecule has 1 aliphatic rings. The summed E-state index contributed by atoms with van der Waals surface area (Å²) in [5.74, 6) is 0. The van der Waals surface area contributed by atoms with Crippen LogP contribution in [0, 0.1) is 22.7 Å². The first-order valence-electron chi connectivity index (χ1n) is 14.7. The molecule has 0 N–H and O–H groups in total. The minimum absolute atomic E-state index is 0.0555. The topological polar surface area (TPSA) is 78.3 Å². The van der Waals surface area contributed by atoms with Crippen LogP contribution in [-0.2, 0) is 0 Å². The van der Waals surface area contributed by atoms with Gasteiger partial charge in [0.15, 0.2) is 11.4 Å². The van der Waals surface area contributed by atoms with Gasteiger partial charge in [0.25, 0.3) is 0 Å². The van der Waals surface area contributed by atoms with Crippen molar-refractivity contribution < 1.29 is 0 Å². The van der Waals surface area contributed by atoms with Crippen molar-refractivity contribution in [2.45, 2.75) is 0 Å². The SMILES string of the molecule is N#Cc1nc2c(nc1C#N)-c1ccc(-c3ccc(-c4ccc(-n5c6ccccc6c6ccccc65)cc4)cc3)c3cccc-2c13. The number of nitriles is 2. The molecule has 2 heterocycles. The number of para-hydroxylation sites is 2. The average Bonchev–Trinajstić information content (AvgIpc) is 3.61. The molecule has 2 aromatic heterocycles. The van der Waals surface area contributed by atoms with E-state index in [0.29, 0.717) is 11.4 Å². The van der Waals surface area contributed by atoms with Crippen LogP contribution < -0.4 is 0 Å². The van der Waals surface area contributed by atoms with Gasteiger partial charge in [0.1, 0.15) is 12.1 Å². The van der Waals surface area contributed by atoms with Crippen molar-refractivity contribution in [1.29, 1.82) is 10.5 Å². The lowest BCUT2D eigenvalue weighted by atomic mass is 9.93. The number of hydrogen-bond acceptors (Lipinski definition) is 4. The highest BCUT2D eigenvalue weighted by Crippen LogP contribution is 2.48. The van der Waals surface area contributed by atoms with Crippen molar-refractivity contribution in [3.05, 3.63) is 139 Å². The van der Waals surface area contributed by atoms with E-state index in [-0.39, 0.29) is 11.4 Å². The predicted octanol–water partition coefficient (Wildman–Crippen LogP) is 9.45. The zero-order valence-electron chi connectivity index (χ0n) is 23.9. The van der Waals surface area contributed by atoms with E-state index in [1.165, 1.54) is 21.8 Å². The maximum absolute atomic E-state index is 9.52. The largest absolute Gasteiger partial charge is 0.309 e. The number of fused-ring (bicyclic) bond motifs is 6. The summed E-state index contributed by atoms with van der Waals surface area (Å²) in [5.41, 5.74) is 11.3. The van der Waals surface area contributed by atoms with Crippen LogP contribution >= 0.6 is 0 Å². The highest BCUT2D eigenvalue weighted by Gasteiger charge is 2.27. The summed E-state index contributed by atoms with van der Waals surface area (Å²) in [7, 11) is 0. The van der Waals surface area contributed by atoms with Crippen molar-refractivity contribution >= 4 is 32.6 Å². The Morgan fingerprint density at radius 1 is 0.444 bits per heavy atom. The zero-order valence-corrected chi connectivity index (χ0v) is 23.9. The minimum atomic E-state index is 0.0555. The highest BCUT2D eigenvalue weighted by molar-refractivity contribution is 6.17. The van der Waals surface area contributed by atoms with Crippen molar-refractivity contribution in [3.63, 3.8) is 0 Å². The summed E-state index contributed by atoms with van der Waals surface area (Å²) < 4.78 is 2.33. The summed E-state index contributed by atoms with van der Waals surface area (Å²) in [5, 5.41) is 23.7. The number of rotatable bonds is 3. The Labute approximate surface area is 258 Å². The Morgan fingerprint density at radius 2 is 0.933 bits per heavy atom. The molecule has 0 saturated heterocycles. The predicted molar refractivity (Wildman–Crippen MR) is 179 cm³/mol. The van der Waals surface area contributed by atoms with E-state index in [0.717, 1.165) is 49.8 Å². The molecule has 206 valence electrons. The van der Waals surface area contributed by atoms with Crippen molar-refractivity contribution in [2.75, 3.05) is 0 Å². The molecule has 0 bridgehead atoms. The second kappa shape index (κ2) is 9.47. The van der Waals surface area contributed by atoms with Crippen LogP contribution in [0.3, 0.4) is 0 Å². The molecule has 0 aliphatic heterocycles. The summed E-state index contributed by atoms with van der Waals surface area (Å²) in [4.78, 5) is 9.07. The van der Waals surface area contributed by atoms with Gasteiger partial charge in [-0.3, -0.25) is 0 Å². The van der Waals surface area contributed by atoms with Gasteiger partial charge in [0.2, 0.25) is 0 Å². The van der Waals surface area contributed by atoms with Gasteiger partial charge in [-0.25, -0.2) is 9.97 Å². The lowest BCUT2D eigenvalue weighted by Crippen LogP contribution is -1.97. The van der Waals surface area contributed by atoms with Gasteiger partial charge in [-0.05, 0) is 51.9 Å². The molecule has 5 nitrogen and oxygen atoms in total. The molecule has 9 rings (SSSR count). The third kappa shape index (κ3) is 3.59. The molecule has 5 heteroatoms. The van der Waals surface area contributed by atoms with Crippen molar-refractivity contribution in [1.82, 2.24) is 14.5 Å². The van der Waals surface area contributed by atoms with Crippen molar-refractivity contribution in [3.8, 4) is 62.6 Å². The molecule has 0 atom stereocenters. The van der Waals surface area contributed by atoms with Crippen LogP contribution in [0.1, 0.15) is 11.4 Å². The van der Waals surface area contributed by atoms with E-state index in [1.54, 1.807) is 0 Å². The van der Waals surface area contributed by atoms with Crippen LogP contribution in [0.2, 0.25) is 0 Å². The van der Waals surface area contributed by atoms with Gasteiger partial charge >= 0.3 is 0 Å². The van der Waals surface area contributed by atoms with E-state index < -0.39 is 0 Å². The Morgan fingerprint density at radius 3 is 1.53 bits per heavy atom. The summed E-state index contributed by atoms with van der Waals surface area (Å²) in [6.07, 6.45) is 0. The monoisotopic (exact) mass is 571 g/mol. The molecule has 0 spiro atoms. The lowest BCUT2D eigenvalue weighted by Gasteiger charge is -2.11. The Balaban J connectivity index is 1.09. The highest BCUT2D eigenvalue weighted by atomic mass is 15.0. The molecule has 1 aliphatic carbocycles. The first-order valence-corrected chi connectivity index (χ1v) is 14.7. The second-order valence-electron chi connectivity index (χ2n) is 11.2. The molecule has 0 saturated carbocycles. The van der Waals surface area contributed by atoms with Gasteiger partial charge in [0.05, 0.1) is 22.4 Å². The number of aromatic nitrogens is 3. The molecule has 6 aromatic carbocycles. The van der Waals surface area contributed by atoms with E-state index in [2.05, 4.69) is 130 Å². The Kier molecular flexibility index (Phi) is 5.26. The summed E-state index contributed by atoms with van der Waals surface area (Å²) >= 11 is 0. The van der Waals surface area contributed by atoms with Gasteiger partial charge in [-0.1, -0.05) is 103 Å². The quantitative estimate of drug-likeness (QED) is 0.212. The van der Waals surface area contributed by atoms with Crippen LogP contribution in [0.25, 0.3) is 83.0 Å². The maximum Gasteiger partial charge on any atom is 0.177 e. The van der Waals surface area contributed by atoms with E-state index >= 15 is 0 Å². The van der Waals surface area contributed by atoms with Crippen LogP contribution in [0.4, 0.5) is 0 Å². The van der Waals surface area contributed by atoms with E-state index in [1.807, 2.05) is 24.3 Å². The third-order valence-electron chi connectivity index (χ3n) is 8.89. The van der Waals surface area contributed by atoms with Gasteiger partial charge in [0, 0.05) is 33.0 Å². The molecule has 8 aromatic rings. The summed E-state index contributed by atoms with van der Waals surface area (Å²) in [6.45, 7) is 0. The number of nitrogens with zero attached hydrogens (tertiary/aromatic N) is 5. The van der Waals surface area contributed by atoms with Gasteiger partial charge < -0.3 is 4.57 Å². The maximum atomic E-state index is 9.52. The first kappa shape index (κ1) is 25.0. The molecular formula is C40H21N5. The molecule has 0 fully saturated rings. The fourth-order valence-electron chi connectivity index (χ4n) is 6.87. The first-order chi connectivity index (χ1) is 22.2. The normalized spacial score (nSPS) is 11.5. The Hall–Kier alpha value is -6.56.